The number of rotatable bonds is 2. The summed E-state index contributed by atoms with van der Waals surface area (Å²) in [6, 6.07) is 0. The van der Waals surface area contributed by atoms with Crippen molar-refractivity contribution in [2.75, 3.05) is 75.7 Å². The molecule has 1 aliphatic rings. The Morgan fingerprint density at radius 2 is 1.15 bits per heavy atom. The van der Waals surface area contributed by atoms with Gasteiger partial charge in [0.15, 0.2) is 0 Å². The summed E-state index contributed by atoms with van der Waals surface area (Å²) in [5, 5.41) is 11.8. The molecular formula is C40H78N8O4S. The Kier molecular flexibility index (Phi) is 34.1. The number of aryl methyl sites for hydroxylation is 5. The van der Waals surface area contributed by atoms with E-state index in [1.54, 1.807) is 42.7 Å². The Balaban J connectivity index is -0.000000271. The number of methoxy groups -OCH3 is 2. The van der Waals surface area contributed by atoms with Crippen LogP contribution in [0, 0.1) is 69.2 Å². The standard InChI is InChI=1S/C12H18O.C7H12N2.C5H9N3.C5H9NO.C4H9NO.C3H9N.C2H6O.C2H6S/c1-7-8(2)10(4)12(13-6)11(5)9(7)3;1-5-6(2)8-9(4)7(5)3;1-4-6-5(2)8(3)7-4;1-6-4-2-3-5(6)7;1-4(2)5-6-3;1-4(2)3;2*1-3-2/h1-6H3;1-4H3;1-3H3;2-4H2,1H3;1-3H3;1-3H3;2*1-2H3. The molecule has 0 atom stereocenters. The van der Waals surface area contributed by atoms with Crippen LogP contribution in [0.3, 0.4) is 0 Å². The van der Waals surface area contributed by atoms with Gasteiger partial charge in [-0.15, -0.1) is 0 Å². The molecule has 0 N–H and O–H groups in total. The maximum Gasteiger partial charge on any atom is 0.222 e. The molecule has 13 heteroatoms. The van der Waals surface area contributed by atoms with Gasteiger partial charge in [-0.2, -0.15) is 22.0 Å². The van der Waals surface area contributed by atoms with E-state index < -0.39 is 0 Å². The number of oxime groups is 1. The van der Waals surface area contributed by atoms with Gasteiger partial charge in [-0.3, -0.25) is 14.2 Å². The molecule has 1 aromatic carbocycles. The third-order valence-corrected chi connectivity index (χ3v) is 7.68. The first kappa shape index (κ1) is 56.3. The summed E-state index contributed by atoms with van der Waals surface area (Å²) < 4.78 is 13.3. The second kappa shape index (κ2) is 32.0. The number of likely N-dealkylation sites (tertiary alicyclic amines) is 1. The first-order valence-electron chi connectivity index (χ1n) is 17.6. The van der Waals surface area contributed by atoms with Crippen LogP contribution in [0.15, 0.2) is 5.16 Å². The molecule has 308 valence electrons. The fraction of sp³-hybridized carbons (Fsp3) is 0.675. The maximum absolute atomic E-state index is 10.5. The second-order valence-electron chi connectivity index (χ2n) is 13.2. The average Bonchev–Trinajstić information content (AvgIpc) is 3.66. The molecule has 0 unspecified atom stereocenters. The molecule has 0 aliphatic carbocycles. The predicted molar refractivity (Wildman–Crippen MR) is 229 cm³/mol. The summed E-state index contributed by atoms with van der Waals surface area (Å²) in [4.78, 5) is 22.7. The summed E-state index contributed by atoms with van der Waals surface area (Å²) in [7, 11) is 18.2. The number of hydrogen-bond donors (Lipinski definition) is 0. The Bertz CT molecular complexity index is 1370. The highest BCUT2D eigenvalue weighted by atomic mass is 32.2. The van der Waals surface area contributed by atoms with Gasteiger partial charge in [-0.25, -0.2) is 4.98 Å². The van der Waals surface area contributed by atoms with Gasteiger partial charge < -0.3 is 24.1 Å². The van der Waals surface area contributed by atoms with Crippen LogP contribution in [-0.2, 0) is 28.5 Å². The zero-order chi connectivity index (χ0) is 42.6. The Morgan fingerprint density at radius 1 is 0.736 bits per heavy atom. The smallest absolute Gasteiger partial charge is 0.222 e. The van der Waals surface area contributed by atoms with Crippen molar-refractivity contribution in [3.63, 3.8) is 0 Å². The minimum atomic E-state index is 0.292. The van der Waals surface area contributed by atoms with Gasteiger partial charge in [0.1, 0.15) is 24.5 Å². The molecule has 2 aromatic heterocycles. The highest BCUT2D eigenvalue weighted by Crippen LogP contribution is 2.31. The van der Waals surface area contributed by atoms with Gasteiger partial charge in [0.05, 0.1) is 18.5 Å². The summed E-state index contributed by atoms with van der Waals surface area (Å²) >= 11 is 1.75. The lowest BCUT2D eigenvalue weighted by Crippen LogP contribution is -2.17. The third kappa shape index (κ3) is 26.1. The molecule has 3 aromatic rings. The van der Waals surface area contributed by atoms with Crippen LogP contribution in [0.5, 0.6) is 5.75 Å². The van der Waals surface area contributed by atoms with E-state index in [9.17, 15) is 4.79 Å². The van der Waals surface area contributed by atoms with E-state index in [1.807, 2.05) is 99.0 Å². The first-order chi connectivity index (χ1) is 24.5. The van der Waals surface area contributed by atoms with Gasteiger partial charge in [0.25, 0.3) is 0 Å². The molecule has 0 saturated carbocycles. The molecule has 12 nitrogen and oxygen atoms in total. The minimum absolute atomic E-state index is 0.292. The van der Waals surface area contributed by atoms with Crippen molar-refractivity contribution in [2.45, 2.75) is 95.9 Å². The van der Waals surface area contributed by atoms with E-state index in [0.717, 1.165) is 48.2 Å². The van der Waals surface area contributed by atoms with Crippen molar-refractivity contribution in [3.8, 4) is 5.75 Å². The number of carbonyl (C=O) groups is 1. The van der Waals surface area contributed by atoms with Crippen molar-refractivity contribution >= 4 is 23.4 Å². The van der Waals surface area contributed by atoms with E-state index in [2.05, 4.69) is 78.4 Å². The van der Waals surface area contributed by atoms with E-state index in [0.29, 0.717) is 5.91 Å². The van der Waals surface area contributed by atoms with Crippen molar-refractivity contribution in [1.82, 2.24) is 34.3 Å². The monoisotopic (exact) mass is 767 g/mol. The number of hydrogen-bond acceptors (Lipinski definition) is 10. The zero-order valence-electron chi connectivity index (χ0n) is 38.2. The fourth-order valence-electron chi connectivity index (χ4n) is 4.24. The summed E-state index contributed by atoms with van der Waals surface area (Å²) in [6.45, 7) is 25.4. The van der Waals surface area contributed by atoms with Crippen LogP contribution < -0.4 is 4.74 Å². The van der Waals surface area contributed by atoms with Crippen LogP contribution in [-0.4, -0.2) is 122 Å². The topological polar surface area (TPSA) is 112 Å². The maximum atomic E-state index is 10.5. The normalized spacial score (nSPS) is 10.7. The highest BCUT2D eigenvalue weighted by Gasteiger charge is 2.14. The van der Waals surface area contributed by atoms with Crippen molar-refractivity contribution < 1.29 is 19.1 Å². The lowest BCUT2D eigenvalue weighted by atomic mass is 9.94. The molecule has 0 radical (unpaired) electrons. The van der Waals surface area contributed by atoms with E-state index in [-0.39, 0.29) is 0 Å². The number of nitrogens with zero attached hydrogens (tertiary/aromatic N) is 8. The molecule has 0 bridgehead atoms. The first-order valence-corrected chi connectivity index (χ1v) is 19.2. The largest absolute Gasteiger partial charge is 0.496 e. The predicted octanol–water partition coefficient (Wildman–Crippen LogP) is 7.70. The molecule has 1 amide bonds. The number of ether oxygens (including phenoxy) is 2. The molecule has 3 heterocycles. The lowest BCUT2D eigenvalue weighted by molar-refractivity contribution is -0.126. The molecule has 4 rings (SSSR count). The Hall–Kier alpha value is -3.42. The van der Waals surface area contributed by atoms with Crippen molar-refractivity contribution in [1.29, 1.82) is 0 Å². The number of aromatic nitrogens is 5. The van der Waals surface area contributed by atoms with Gasteiger partial charge in [0, 0.05) is 54.0 Å². The quantitative estimate of drug-likeness (QED) is 0.191. The van der Waals surface area contributed by atoms with E-state index in [4.69, 9.17) is 4.74 Å². The van der Waals surface area contributed by atoms with Gasteiger partial charge in [-0.1, -0.05) is 5.16 Å². The number of benzene rings is 1. The van der Waals surface area contributed by atoms with E-state index in [1.165, 1.54) is 46.2 Å². The van der Waals surface area contributed by atoms with Crippen LogP contribution >= 0.6 is 11.8 Å². The molecular weight excluding hydrogens is 689 g/mol. The molecule has 1 saturated heterocycles. The number of carbonyl (C=O) groups excluding carboxylic acids is 1. The van der Waals surface area contributed by atoms with Crippen LogP contribution in [0.25, 0.3) is 0 Å². The third-order valence-electron chi connectivity index (χ3n) is 7.68. The average molecular weight is 767 g/mol. The van der Waals surface area contributed by atoms with Gasteiger partial charge in [0.2, 0.25) is 5.91 Å². The Morgan fingerprint density at radius 3 is 1.28 bits per heavy atom. The molecule has 0 spiro atoms. The zero-order valence-corrected chi connectivity index (χ0v) is 39.1. The lowest BCUT2D eigenvalue weighted by Gasteiger charge is -2.16. The summed E-state index contributed by atoms with van der Waals surface area (Å²) in [6.07, 6.45) is 5.89. The van der Waals surface area contributed by atoms with Crippen LogP contribution in [0.1, 0.15) is 83.1 Å². The summed E-state index contributed by atoms with van der Waals surface area (Å²) in [5.41, 5.74) is 11.2. The van der Waals surface area contributed by atoms with Crippen LogP contribution in [0.2, 0.25) is 0 Å². The molecule has 1 fully saturated rings. The van der Waals surface area contributed by atoms with E-state index >= 15 is 0 Å². The second-order valence-corrected chi connectivity index (χ2v) is 14.0. The minimum Gasteiger partial charge on any atom is -0.496 e. The molecule has 1 aliphatic heterocycles. The number of amides is 1. The van der Waals surface area contributed by atoms with Gasteiger partial charge in [-0.05, 0) is 157 Å². The van der Waals surface area contributed by atoms with Crippen molar-refractivity contribution in [2.24, 2.45) is 19.3 Å². The fourth-order valence-corrected chi connectivity index (χ4v) is 4.24. The number of thioether (sulfide) groups is 1. The molecule has 53 heavy (non-hydrogen) atoms. The SMILES string of the molecule is CN(C)C.CN1CCCC1=O.COC.CON=C(C)C.COc1c(C)c(C)c(C)c(C)c1C.CSC.Cc1nc(C)n(C)n1.Cc1nn(C)c(C)c1C. The van der Waals surface area contributed by atoms with Crippen molar-refractivity contribution in [3.05, 3.63) is 56.4 Å². The highest BCUT2D eigenvalue weighted by molar-refractivity contribution is 7.97. The van der Waals surface area contributed by atoms with Crippen LogP contribution in [0.4, 0.5) is 0 Å². The summed E-state index contributed by atoms with van der Waals surface area (Å²) in [5.74, 6) is 3.13. The van der Waals surface area contributed by atoms with Gasteiger partial charge >= 0.3 is 0 Å². The Labute approximate surface area is 329 Å².